The lowest BCUT2D eigenvalue weighted by Gasteiger charge is -2.28. The van der Waals surface area contributed by atoms with Crippen molar-refractivity contribution >= 4 is 58.2 Å². The number of benzene rings is 2. The lowest BCUT2D eigenvalue weighted by Crippen LogP contribution is -2.54. The zero-order valence-corrected chi connectivity index (χ0v) is 17.4. The highest BCUT2D eigenvalue weighted by Crippen LogP contribution is 2.32. The standard InChI is InChI=1S/C21H11ClFN3O5S/c22-16-7-1-11(9-17(16)26(29)30)18-8-6-14(31-18)10-15-19(27)24-21(32)25(20(15)28)13-4-2-12(23)3-5-13/h1-10H,(H,24,27,32)/b15-10+. The maximum absolute atomic E-state index is 13.2. The van der Waals surface area contributed by atoms with Gasteiger partial charge in [0.25, 0.3) is 17.5 Å². The maximum Gasteiger partial charge on any atom is 0.288 e. The van der Waals surface area contributed by atoms with Crippen LogP contribution in [0, 0.1) is 15.9 Å². The first kappa shape index (κ1) is 21.3. The molecule has 1 fully saturated rings. The Balaban J connectivity index is 1.67. The van der Waals surface area contributed by atoms with Gasteiger partial charge >= 0.3 is 0 Å². The van der Waals surface area contributed by atoms with E-state index in [0.29, 0.717) is 5.56 Å². The van der Waals surface area contributed by atoms with Crippen molar-refractivity contribution in [3.8, 4) is 11.3 Å². The fourth-order valence-electron chi connectivity index (χ4n) is 3.02. The molecule has 2 amide bonds. The monoisotopic (exact) mass is 471 g/mol. The normalized spacial score (nSPS) is 15.2. The van der Waals surface area contributed by atoms with Gasteiger partial charge in [-0.2, -0.15) is 0 Å². The Kier molecular flexibility index (Phi) is 5.56. The molecule has 0 radical (unpaired) electrons. The predicted molar refractivity (Wildman–Crippen MR) is 118 cm³/mol. The van der Waals surface area contributed by atoms with Crippen molar-refractivity contribution in [2.75, 3.05) is 4.90 Å². The van der Waals surface area contributed by atoms with Crippen LogP contribution in [0.3, 0.4) is 0 Å². The summed E-state index contributed by atoms with van der Waals surface area (Å²) in [5, 5.41) is 13.4. The molecule has 2 heterocycles. The second-order valence-electron chi connectivity index (χ2n) is 6.56. The number of halogens is 2. The third-order valence-electron chi connectivity index (χ3n) is 4.53. The average molecular weight is 472 g/mol. The molecule has 1 saturated heterocycles. The van der Waals surface area contributed by atoms with Gasteiger partial charge < -0.3 is 4.42 Å². The first-order valence-corrected chi connectivity index (χ1v) is 9.74. The van der Waals surface area contributed by atoms with Gasteiger partial charge in [-0.25, -0.2) is 4.39 Å². The van der Waals surface area contributed by atoms with Gasteiger partial charge in [-0.05, 0) is 66.8 Å². The smallest absolute Gasteiger partial charge is 0.288 e. The topological polar surface area (TPSA) is 106 Å². The van der Waals surface area contributed by atoms with Crippen LogP contribution in [-0.2, 0) is 9.59 Å². The Bertz CT molecular complexity index is 1320. The molecule has 160 valence electrons. The molecule has 0 aliphatic carbocycles. The van der Waals surface area contributed by atoms with Crippen LogP contribution < -0.4 is 10.2 Å². The molecule has 0 atom stereocenters. The third-order valence-corrected chi connectivity index (χ3v) is 5.13. The summed E-state index contributed by atoms with van der Waals surface area (Å²) in [5.74, 6) is -1.51. The molecular weight excluding hydrogens is 461 g/mol. The van der Waals surface area contributed by atoms with Crippen LogP contribution in [0.15, 0.2) is 64.6 Å². The lowest BCUT2D eigenvalue weighted by atomic mass is 10.1. The highest BCUT2D eigenvalue weighted by atomic mass is 35.5. The number of nitro groups is 1. The number of anilines is 1. The van der Waals surface area contributed by atoms with E-state index in [1.807, 2.05) is 0 Å². The SMILES string of the molecule is O=C1NC(=S)N(c2ccc(F)cc2)C(=O)/C1=C/c1ccc(-c2ccc(Cl)c([N+](=O)[O-])c2)o1. The number of nitrogens with zero attached hydrogens (tertiary/aromatic N) is 2. The fraction of sp³-hybridized carbons (Fsp3) is 0. The quantitative estimate of drug-likeness (QED) is 0.198. The van der Waals surface area contributed by atoms with Gasteiger partial charge in [0.2, 0.25) is 0 Å². The molecule has 0 saturated carbocycles. The minimum Gasteiger partial charge on any atom is -0.457 e. The van der Waals surface area contributed by atoms with Gasteiger partial charge in [-0.3, -0.25) is 29.9 Å². The van der Waals surface area contributed by atoms with E-state index >= 15 is 0 Å². The molecule has 1 aliphatic heterocycles. The molecular formula is C21H11ClFN3O5S. The Hall–Kier alpha value is -3.89. The van der Waals surface area contributed by atoms with Crippen molar-refractivity contribution in [1.29, 1.82) is 0 Å². The lowest BCUT2D eigenvalue weighted by molar-refractivity contribution is -0.384. The van der Waals surface area contributed by atoms with Gasteiger partial charge in [-0.15, -0.1) is 0 Å². The first-order chi connectivity index (χ1) is 15.2. The van der Waals surface area contributed by atoms with Crippen molar-refractivity contribution in [3.63, 3.8) is 0 Å². The highest BCUT2D eigenvalue weighted by molar-refractivity contribution is 7.80. The van der Waals surface area contributed by atoms with Crippen molar-refractivity contribution < 1.29 is 23.3 Å². The van der Waals surface area contributed by atoms with E-state index < -0.39 is 22.6 Å². The van der Waals surface area contributed by atoms with Gasteiger partial charge in [0.05, 0.1) is 10.6 Å². The molecule has 1 N–H and O–H groups in total. The molecule has 4 rings (SSSR count). The van der Waals surface area contributed by atoms with Gasteiger partial charge in [0.1, 0.15) is 27.9 Å². The third kappa shape index (κ3) is 4.01. The number of thiocarbonyl (C=S) groups is 1. The van der Waals surface area contributed by atoms with E-state index in [-0.39, 0.29) is 38.6 Å². The summed E-state index contributed by atoms with van der Waals surface area (Å²) < 4.78 is 18.9. The van der Waals surface area contributed by atoms with Crippen molar-refractivity contribution in [1.82, 2.24) is 5.32 Å². The van der Waals surface area contributed by atoms with Crippen LogP contribution in [0.1, 0.15) is 5.76 Å². The summed E-state index contributed by atoms with van der Waals surface area (Å²) in [6, 6.07) is 12.2. The highest BCUT2D eigenvalue weighted by Gasteiger charge is 2.34. The van der Waals surface area contributed by atoms with Gasteiger partial charge in [0, 0.05) is 11.6 Å². The molecule has 0 bridgehead atoms. The molecule has 2 aromatic carbocycles. The maximum atomic E-state index is 13.2. The van der Waals surface area contributed by atoms with E-state index in [9.17, 15) is 24.1 Å². The molecule has 1 aliphatic rings. The van der Waals surface area contributed by atoms with E-state index in [1.165, 1.54) is 48.5 Å². The summed E-state index contributed by atoms with van der Waals surface area (Å²) in [5.41, 5.74) is 0.122. The Morgan fingerprint density at radius 1 is 1.12 bits per heavy atom. The number of furan rings is 1. The summed E-state index contributed by atoms with van der Waals surface area (Å²) in [7, 11) is 0. The molecule has 0 unspecified atom stereocenters. The number of amides is 2. The summed E-state index contributed by atoms with van der Waals surface area (Å²) in [4.78, 5) is 36.9. The minimum absolute atomic E-state index is 0.0195. The molecule has 32 heavy (non-hydrogen) atoms. The van der Waals surface area contributed by atoms with E-state index in [1.54, 1.807) is 0 Å². The Morgan fingerprint density at radius 2 is 1.84 bits per heavy atom. The van der Waals surface area contributed by atoms with Gasteiger partial charge in [0.15, 0.2) is 5.11 Å². The molecule has 1 aromatic heterocycles. The number of hydrogen-bond donors (Lipinski definition) is 1. The van der Waals surface area contributed by atoms with Crippen molar-refractivity contribution in [2.45, 2.75) is 0 Å². The molecule has 11 heteroatoms. The average Bonchev–Trinajstić information content (AvgIpc) is 3.21. The molecule has 0 spiro atoms. The predicted octanol–water partition coefficient (Wildman–Crippen LogP) is 4.48. The number of carbonyl (C=O) groups excluding carboxylic acids is 2. The molecule has 3 aromatic rings. The van der Waals surface area contributed by atoms with E-state index in [4.69, 9.17) is 28.2 Å². The largest absolute Gasteiger partial charge is 0.457 e. The second-order valence-corrected chi connectivity index (χ2v) is 7.35. The van der Waals surface area contributed by atoms with Crippen LogP contribution in [0.5, 0.6) is 0 Å². The molecule has 8 nitrogen and oxygen atoms in total. The minimum atomic E-state index is -0.724. The van der Waals surface area contributed by atoms with E-state index in [2.05, 4.69) is 5.32 Å². The van der Waals surface area contributed by atoms with Crippen LogP contribution in [0.2, 0.25) is 5.02 Å². The van der Waals surface area contributed by atoms with Gasteiger partial charge in [-0.1, -0.05) is 11.6 Å². The zero-order valence-electron chi connectivity index (χ0n) is 15.9. The first-order valence-electron chi connectivity index (χ1n) is 8.96. The second kappa shape index (κ2) is 8.33. The summed E-state index contributed by atoms with van der Waals surface area (Å²) >= 11 is 10.9. The van der Waals surface area contributed by atoms with E-state index in [0.717, 1.165) is 17.0 Å². The fourth-order valence-corrected chi connectivity index (χ4v) is 3.48. The zero-order chi connectivity index (χ0) is 23.0. The Labute approximate surface area is 190 Å². The van der Waals surface area contributed by atoms with Crippen LogP contribution in [0.4, 0.5) is 15.8 Å². The van der Waals surface area contributed by atoms with Crippen LogP contribution in [0.25, 0.3) is 17.4 Å². The number of carbonyl (C=O) groups is 2. The van der Waals surface area contributed by atoms with Crippen LogP contribution in [-0.4, -0.2) is 21.9 Å². The number of hydrogen-bond acceptors (Lipinski definition) is 6. The number of nitro benzene ring substituents is 1. The summed E-state index contributed by atoms with van der Waals surface area (Å²) in [6.07, 6.45) is 1.23. The number of nitrogens with one attached hydrogen (secondary N) is 1. The van der Waals surface area contributed by atoms with Crippen molar-refractivity contribution in [2.24, 2.45) is 0 Å². The van der Waals surface area contributed by atoms with Crippen LogP contribution >= 0.6 is 23.8 Å². The Morgan fingerprint density at radius 3 is 2.53 bits per heavy atom. The summed E-state index contributed by atoms with van der Waals surface area (Å²) in [6.45, 7) is 0. The van der Waals surface area contributed by atoms with Crippen molar-refractivity contribution in [3.05, 3.63) is 86.9 Å². The number of rotatable bonds is 4.